The second kappa shape index (κ2) is 8.65. The van der Waals surface area contributed by atoms with Gasteiger partial charge in [0.15, 0.2) is 0 Å². The van der Waals surface area contributed by atoms with Gasteiger partial charge in [0.2, 0.25) is 5.95 Å². The molecule has 2 fully saturated rings. The highest BCUT2D eigenvalue weighted by Gasteiger charge is 2.31. The van der Waals surface area contributed by atoms with Crippen LogP contribution in [0.1, 0.15) is 0 Å². The van der Waals surface area contributed by atoms with Gasteiger partial charge in [0, 0.05) is 75.5 Å². The van der Waals surface area contributed by atoms with Crippen molar-refractivity contribution in [2.24, 2.45) is 0 Å². The van der Waals surface area contributed by atoms with Crippen LogP contribution in [0.25, 0.3) is 0 Å². The molecule has 0 aliphatic carbocycles. The van der Waals surface area contributed by atoms with Crippen LogP contribution >= 0.6 is 11.6 Å². The first-order valence-corrected chi connectivity index (χ1v) is 10.1. The van der Waals surface area contributed by atoms with Crippen molar-refractivity contribution >= 4 is 35.1 Å². The molecule has 2 aliphatic rings. The van der Waals surface area contributed by atoms with E-state index < -0.39 is 11.8 Å². The van der Waals surface area contributed by atoms with E-state index in [0.717, 1.165) is 5.69 Å². The fraction of sp³-hybridized carbons (Fsp3) is 0.400. The van der Waals surface area contributed by atoms with Crippen LogP contribution in [0.5, 0.6) is 0 Å². The summed E-state index contributed by atoms with van der Waals surface area (Å²) in [4.78, 5) is 41.4. The maximum absolute atomic E-state index is 12.7. The molecule has 0 atom stereocenters. The average molecular weight is 415 g/mol. The zero-order valence-corrected chi connectivity index (χ0v) is 16.8. The molecule has 8 nitrogen and oxygen atoms in total. The number of anilines is 2. The van der Waals surface area contributed by atoms with Gasteiger partial charge in [-0.25, -0.2) is 9.97 Å². The minimum atomic E-state index is -0.421. The molecule has 4 rings (SSSR count). The summed E-state index contributed by atoms with van der Waals surface area (Å²) in [5, 5.41) is 0.691. The quantitative estimate of drug-likeness (QED) is 0.686. The molecule has 29 heavy (non-hydrogen) atoms. The fourth-order valence-corrected chi connectivity index (χ4v) is 3.86. The third kappa shape index (κ3) is 4.42. The van der Waals surface area contributed by atoms with E-state index in [2.05, 4.69) is 14.9 Å². The molecule has 2 amide bonds. The predicted molar refractivity (Wildman–Crippen MR) is 111 cm³/mol. The Balaban J connectivity index is 1.28. The number of nitrogens with zero attached hydrogens (tertiary/aromatic N) is 6. The molecule has 2 saturated heterocycles. The molecule has 1 aromatic carbocycles. The Kier molecular flexibility index (Phi) is 5.80. The van der Waals surface area contributed by atoms with Crippen molar-refractivity contribution in [3.63, 3.8) is 0 Å². The highest BCUT2D eigenvalue weighted by atomic mass is 35.5. The third-order valence-electron chi connectivity index (χ3n) is 5.33. The number of benzene rings is 1. The Morgan fingerprint density at radius 1 is 0.759 bits per heavy atom. The number of carbonyl (C=O) groups excluding carboxylic acids is 2. The molecule has 3 heterocycles. The molecule has 2 aromatic rings. The molecule has 0 unspecified atom stereocenters. The van der Waals surface area contributed by atoms with Crippen molar-refractivity contribution in [3.05, 3.63) is 47.7 Å². The minimum Gasteiger partial charge on any atom is -0.368 e. The van der Waals surface area contributed by atoms with Crippen molar-refractivity contribution in [1.82, 2.24) is 19.8 Å². The van der Waals surface area contributed by atoms with E-state index in [9.17, 15) is 9.59 Å². The van der Waals surface area contributed by atoms with Crippen molar-refractivity contribution in [2.75, 3.05) is 62.2 Å². The standard InChI is InChI=1S/C20H23ClN6O2/c21-16-3-1-4-17(15-16)24-7-9-25(10-8-24)18(28)19(29)26-11-13-27(14-12-26)20-22-5-2-6-23-20/h1-6,15H,7-14H2. The Morgan fingerprint density at radius 3 is 1.86 bits per heavy atom. The number of hydrogen-bond acceptors (Lipinski definition) is 6. The second-order valence-corrected chi connectivity index (χ2v) is 7.52. The number of rotatable bonds is 2. The first-order valence-electron chi connectivity index (χ1n) is 9.72. The first kappa shape index (κ1) is 19.4. The zero-order chi connectivity index (χ0) is 20.2. The Bertz CT molecular complexity index is 864. The van der Waals surface area contributed by atoms with E-state index in [4.69, 9.17) is 11.6 Å². The molecule has 152 valence electrons. The fourth-order valence-electron chi connectivity index (χ4n) is 3.68. The summed E-state index contributed by atoms with van der Waals surface area (Å²) >= 11 is 6.07. The van der Waals surface area contributed by atoms with Gasteiger partial charge in [-0.2, -0.15) is 0 Å². The highest BCUT2D eigenvalue weighted by molar-refractivity contribution is 6.35. The van der Waals surface area contributed by atoms with Crippen LogP contribution in [0.2, 0.25) is 5.02 Å². The van der Waals surface area contributed by atoms with E-state index in [0.29, 0.717) is 63.3 Å². The van der Waals surface area contributed by atoms with Crippen LogP contribution in [0, 0.1) is 0 Å². The van der Waals surface area contributed by atoms with Gasteiger partial charge in [-0.15, -0.1) is 0 Å². The zero-order valence-electron chi connectivity index (χ0n) is 16.1. The molecular formula is C20H23ClN6O2. The number of aromatic nitrogens is 2. The summed E-state index contributed by atoms with van der Waals surface area (Å²) in [7, 11) is 0. The van der Waals surface area contributed by atoms with Crippen molar-refractivity contribution in [1.29, 1.82) is 0 Å². The smallest absolute Gasteiger partial charge is 0.312 e. The van der Waals surface area contributed by atoms with Crippen molar-refractivity contribution < 1.29 is 9.59 Å². The Labute approximate surface area is 174 Å². The molecule has 1 aromatic heterocycles. The third-order valence-corrected chi connectivity index (χ3v) is 5.56. The van der Waals surface area contributed by atoms with Crippen LogP contribution in [0.3, 0.4) is 0 Å². The van der Waals surface area contributed by atoms with Gasteiger partial charge in [-0.3, -0.25) is 9.59 Å². The summed E-state index contributed by atoms with van der Waals surface area (Å²) in [6.07, 6.45) is 3.40. The number of hydrogen-bond donors (Lipinski definition) is 0. The SMILES string of the molecule is O=C(C(=O)N1CCN(c2ncccn2)CC1)N1CCN(c2cccc(Cl)c2)CC1. The maximum Gasteiger partial charge on any atom is 0.312 e. The Hall–Kier alpha value is -2.87. The van der Waals surface area contributed by atoms with E-state index in [1.165, 1.54) is 0 Å². The molecule has 2 aliphatic heterocycles. The molecule has 0 saturated carbocycles. The van der Waals surface area contributed by atoms with Crippen LogP contribution in [-0.2, 0) is 9.59 Å². The summed E-state index contributed by atoms with van der Waals surface area (Å²) in [5.41, 5.74) is 1.04. The summed E-state index contributed by atoms with van der Waals surface area (Å²) in [6.45, 7) is 4.62. The summed E-state index contributed by atoms with van der Waals surface area (Å²) in [6, 6.07) is 9.45. The average Bonchev–Trinajstić information content (AvgIpc) is 2.79. The van der Waals surface area contributed by atoms with Crippen LogP contribution in [0.15, 0.2) is 42.7 Å². The first-order chi connectivity index (χ1) is 14.1. The van der Waals surface area contributed by atoms with Crippen LogP contribution in [0.4, 0.5) is 11.6 Å². The number of piperazine rings is 2. The Morgan fingerprint density at radius 2 is 1.31 bits per heavy atom. The van der Waals surface area contributed by atoms with Gasteiger partial charge < -0.3 is 19.6 Å². The molecule has 0 N–H and O–H groups in total. The lowest BCUT2D eigenvalue weighted by Crippen LogP contribution is -2.56. The van der Waals surface area contributed by atoms with Crippen LogP contribution in [-0.4, -0.2) is 83.9 Å². The lowest BCUT2D eigenvalue weighted by atomic mass is 10.2. The molecule has 0 spiro atoms. The maximum atomic E-state index is 12.7. The molecular weight excluding hydrogens is 392 g/mol. The predicted octanol–water partition coefficient (Wildman–Crippen LogP) is 1.13. The van der Waals surface area contributed by atoms with E-state index in [1.54, 1.807) is 28.3 Å². The highest BCUT2D eigenvalue weighted by Crippen LogP contribution is 2.21. The van der Waals surface area contributed by atoms with Gasteiger partial charge in [0.25, 0.3) is 0 Å². The topological polar surface area (TPSA) is 72.9 Å². The lowest BCUT2D eigenvalue weighted by Gasteiger charge is -2.38. The van der Waals surface area contributed by atoms with E-state index in [1.807, 2.05) is 29.2 Å². The van der Waals surface area contributed by atoms with Gasteiger partial charge in [-0.1, -0.05) is 17.7 Å². The number of amides is 2. The molecule has 0 radical (unpaired) electrons. The minimum absolute atomic E-state index is 0.417. The van der Waals surface area contributed by atoms with Crippen molar-refractivity contribution in [2.45, 2.75) is 0 Å². The van der Waals surface area contributed by atoms with E-state index >= 15 is 0 Å². The molecule has 0 bridgehead atoms. The lowest BCUT2D eigenvalue weighted by molar-refractivity contribution is -0.152. The van der Waals surface area contributed by atoms with Gasteiger partial charge in [0.1, 0.15) is 0 Å². The van der Waals surface area contributed by atoms with E-state index in [-0.39, 0.29) is 0 Å². The summed E-state index contributed by atoms with van der Waals surface area (Å²) < 4.78 is 0. The monoisotopic (exact) mass is 414 g/mol. The van der Waals surface area contributed by atoms with Crippen LogP contribution < -0.4 is 9.80 Å². The van der Waals surface area contributed by atoms with Gasteiger partial charge in [-0.05, 0) is 24.3 Å². The number of halogens is 1. The number of carbonyl (C=O) groups is 2. The largest absolute Gasteiger partial charge is 0.368 e. The normalized spacial score (nSPS) is 17.4. The summed E-state index contributed by atoms with van der Waals surface area (Å²) in [5.74, 6) is -0.182. The van der Waals surface area contributed by atoms with Gasteiger partial charge >= 0.3 is 11.8 Å². The van der Waals surface area contributed by atoms with Crippen molar-refractivity contribution in [3.8, 4) is 0 Å². The molecule has 9 heteroatoms. The van der Waals surface area contributed by atoms with Gasteiger partial charge in [0.05, 0.1) is 0 Å². The second-order valence-electron chi connectivity index (χ2n) is 7.09.